The van der Waals surface area contributed by atoms with Gasteiger partial charge in [0.25, 0.3) is 0 Å². The molecule has 0 amide bonds. The van der Waals surface area contributed by atoms with Gasteiger partial charge in [-0.2, -0.15) is 13.2 Å². The number of halogens is 3. The van der Waals surface area contributed by atoms with Crippen LogP contribution >= 0.6 is 0 Å². The van der Waals surface area contributed by atoms with E-state index in [1.165, 1.54) is 37.8 Å². The summed E-state index contributed by atoms with van der Waals surface area (Å²) in [5.74, 6) is 0.614. The van der Waals surface area contributed by atoms with Crippen LogP contribution in [0.15, 0.2) is 18.2 Å². The molecule has 2 atom stereocenters. The van der Waals surface area contributed by atoms with Gasteiger partial charge in [0.15, 0.2) is 0 Å². The maximum absolute atomic E-state index is 12.9. The predicted molar refractivity (Wildman–Crippen MR) is 80.6 cm³/mol. The van der Waals surface area contributed by atoms with Crippen LogP contribution in [0, 0.1) is 5.92 Å². The molecule has 21 heavy (non-hydrogen) atoms. The first-order chi connectivity index (χ1) is 9.93. The summed E-state index contributed by atoms with van der Waals surface area (Å²) in [7, 11) is 0. The Balaban J connectivity index is 2.06. The number of alkyl halides is 3. The van der Waals surface area contributed by atoms with Crippen molar-refractivity contribution in [2.45, 2.75) is 58.0 Å². The molecule has 0 radical (unpaired) electrons. The first kappa shape index (κ1) is 16.2. The van der Waals surface area contributed by atoms with Crippen LogP contribution in [-0.4, -0.2) is 6.54 Å². The third-order valence-corrected chi connectivity index (χ3v) is 4.49. The van der Waals surface area contributed by atoms with Crippen LogP contribution in [0.2, 0.25) is 0 Å². The van der Waals surface area contributed by atoms with Crippen molar-refractivity contribution in [3.8, 4) is 0 Å². The summed E-state index contributed by atoms with van der Waals surface area (Å²) in [5.41, 5.74) is 1.18. The van der Waals surface area contributed by atoms with Crippen LogP contribution in [0.25, 0.3) is 0 Å². The molecule has 0 saturated carbocycles. The highest BCUT2D eigenvalue weighted by Gasteiger charge is 2.34. The smallest absolute Gasteiger partial charge is 0.384 e. The highest BCUT2D eigenvalue weighted by atomic mass is 19.4. The lowest BCUT2D eigenvalue weighted by Gasteiger charge is -2.20. The fraction of sp³-hybridized carbons (Fsp3) is 0.647. The van der Waals surface area contributed by atoms with E-state index < -0.39 is 11.7 Å². The molecular weight excluding hydrogens is 275 g/mol. The normalized spacial score (nSPS) is 19.2. The third-order valence-electron chi connectivity index (χ3n) is 4.49. The van der Waals surface area contributed by atoms with E-state index in [-0.39, 0.29) is 5.92 Å². The highest BCUT2D eigenvalue weighted by Crippen LogP contribution is 2.41. The third kappa shape index (κ3) is 3.92. The maximum Gasteiger partial charge on any atom is 0.416 e. The zero-order valence-corrected chi connectivity index (χ0v) is 12.8. The van der Waals surface area contributed by atoms with Crippen molar-refractivity contribution in [3.63, 3.8) is 0 Å². The van der Waals surface area contributed by atoms with Gasteiger partial charge >= 0.3 is 6.18 Å². The fourth-order valence-corrected chi connectivity index (χ4v) is 3.14. The molecule has 1 aromatic carbocycles. The van der Waals surface area contributed by atoms with Gasteiger partial charge in [-0.1, -0.05) is 46.0 Å². The van der Waals surface area contributed by atoms with Crippen molar-refractivity contribution in [1.82, 2.24) is 0 Å². The lowest BCUT2D eigenvalue weighted by Crippen LogP contribution is -2.13. The van der Waals surface area contributed by atoms with E-state index in [9.17, 15) is 13.2 Å². The second-order valence-electron chi connectivity index (χ2n) is 6.11. The number of benzene rings is 1. The number of unbranched alkanes of at least 4 members (excludes halogenated alkanes) is 3. The summed E-state index contributed by atoms with van der Waals surface area (Å²) in [6.07, 6.45) is 1.66. The Kier molecular flexibility index (Phi) is 5.17. The Morgan fingerprint density at radius 2 is 2.00 bits per heavy atom. The van der Waals surface area contributed by atoms with Crippen LogP contribution in [0.4, 0.5) is 18.9 Å². The number of rotatable bonds is 6. The molecule has 2 rings (SSSR count). The molecule has 1 N–H and O–H groups in total. The SMILES string of the molecule is CCCCCCC(C)C1CNc2ccc(C(F)(F)F)cc21. The summed E-state index contributed by atoms with van der Waals surface area (Å²) < 4.78 is 38.6. The highest BCUT2D eigenvalue weighted by molar-refractivity contribution is 5.59. The monoisotopic (exact) mass is 299 g/mol. The molecule has 1 heterocycles. The van der Waals surface area contributed by atoms with Crippen LogP contribution in [-0.2, 0) is 6.18 Å². The molecule has 0 saturated heterocycles. The summed E-state index contributed by atoms with van der Waals surface area (Å²) in [6.45, 7) is 5.10. The van der Waals surface area contributed by atoms with Crippen molar-refractivity contribution in [3.05, 3.63) is 29.3 Å². The number of nitrogens with one attached hydrogen (secondary N) is 1. The van der Waals surface area contributed by atoms with Crippen LogP contribution in [0.3, 0.4) is 0 Å². The van der Waals surface area contributed by atoms with Gasteiger partial charge in [-0.05, 0) is 29.7 Å². The lowest BCUT2D eigenvalue weighted by atomic mass is 9.85. The van der Waals surface area contributed by atoms with E-state index in [1.54, 1.807) is 6.07 Å². The Morgan fingerprint density at radius 3 is 2.67 bits per heavy atom. The molecular formula is C17H24F3N. The summed E-state index contributed by atoms with van der Waals surface area (Å²) in [4.78, 5) is 0. The molecule has 0 aliphatic carbocycles. The minimum absolute atomic E-state index is 0.198. The molecule has 0 fully saturated rings. The maximum atomic E-state index is 12.9. The first-order valence-electron chi connectivity index (χ1n) is 7.88. The van der Waals surface area contributed by atoms with Crippen molar-refractivity contribution in [1.29, 1.82) is 0 Å². The van der Waals surface area contributed by atoms with Gasteiger partial charge in [-0.25, -0.2) is 0 Å². The number of hydrogen-bond donors (Lipinski definition) is 1. The van der Waals surface area contributed by atoms with Crippen LogP contribution < -0.4 is 5.32 Å². The number of hydrogen-bond acceptors (Lipinski definition) is 1. The van der Waals surface area contributed by atoms with Gasteiger partial charge in [0.05, 0.1) is 5.56 Å². The Hall–Kier alpha value is -1.19. The van der Waals surface area contributed by atoms with Crippen molar-refractivity contribution in [2.75, 3.05) is 11.9 Å². The largest absolute Gasteiger partial charge is 0.416 e. The molecule has 118 valence electrons. The fourth-order valence-electron chi connectivity index (χ4n) is 3.14. The zero-order chi connectivity index (χ0) is 15.5. The average Bonchev–Trinajstić information content (AvgIpc) is 2.85. The van der Waals surface area contributed by atoms with E-state index in [2.05, 4.69) is 19.2 Å². The van der Waals surface area contributed by atoms with Gasteiger partial charge in [0, 0.05) is 18.2 Å². The lowest BCUT2D eigenvalue weighted by molar-refractivity contribution is -0.137. The Morgan fingerprint density at radius 1 is 1.24 bits per heavy atom. The minimum Gasteiger partial charge on any atom is -0.384 e. The van der Waals surface area contributed by atoms with Crippen LogP contribution in [0.1, 0.15) is 63.0 Å². The molecule has 2 unspecified atom stereocenters. The second-order valence-corrected chi connectivity index (χ2v) is 6.11. The first-order valence-corrected chi connectivity index (χ1v) is 7.88. The van der Waals surface area contributed by atoms with Crippen LogP contribution in [0.5, 0.6) is 0 Å². The summed E-state index contributed by atoms with van der Waals surface area (Å²) in [6, 6.07) is 4.07. The zero-order valence-electron chi connectivity index (χ0n) is 12.8. The van der Waals surface area contributed by atoms with Gasteiger partial charge < -0.3 is 5.32 Å². The topological polar surface area (TPSA) is 12.0 Å². The molecule has 1 aliphatic rings. The summed E-state index contributed by atoms with van der Waals surface area (Å²) >= 11 is 0. The second kappa shape index (κ2) is 6.71. The van der Waals surface area contributed by atoms with Gasteiger partial charge in [0.1, 0.15) is 0 Å². The molecule has 1 aromatic rings. The number of anilines is 1. The van der Waals surface area contributed by atoms with E-state index >= 15 is 0 Å². The molecule has 0 spiro atoms. The molecule has 1 aliphatic heterocycles. The molecule has 4 heteroatoms. The summed E-state index contributed by atoms with van der Waals surface area (Å²) in [5, 5.41) is 3.24. The Bertz CT molecular complexity index is 468. The van der Waals surface area contributed by atoms with Crippen molar-refractivity contribution >= 4 is 5.69 Å². The van der Waals surface area contributed by atoms with Gasteiger partial charge in [-0.15, -0.1) is 0 Å². The molecule has 1 nitrogen and oxygen atoms in total. The minimum atomic E-state index is -4.26. The average molecular weight is 299 g/mol. The van der Waals surface area contributed by atoms with E-state index in [1.807, 2.05) is 0 Å². The van der Waals surface area contributed by atoms with E-state index in [0.29, 0.717) is 5.92 Å². The van der Waals surface area contributed by atoms with E-state index in [0.717, 1.165) is 24.2 Å². The molecule has 0 aromatic heterocycles. The number of fused-ring (bicyclic) bond motifs is 1. The van der Waals surface area contributed by atoms with Crippen molar-refractivity contribution < 1.29 is 13.2 Å². The standard InChI is InChI=1S/C17H24F3N/c1-3-4-5-6-7-12(2)15-11-21-16-9-8-13(10-14(15)16)17(18,19)20/h8-10,12,15,21H,3-7,11H2,1-2H3. The van der Waals surface area contributed by atoms with Crippen molar-refractivity contribution in [2.24, 2.45) is 5.92 Å². The van der Waals surface area contributed by atoms with Gasteiger partial charge in [0.2, 0.25) is 0 Å². The molecule has 0 bridgehead atoms. The quantitative estimate of drug-likeness (QED) is 0.652. The van der Waals surface area contributed by atoms with E-state index in [4.69, 9.17) is 0 Å². The predicted octanol–water partition coefficient (Wildman–Crippen LogP) is 5.82. The van der Waals surface area contributed by atoms with Gasteiger partial charge in [-0.3, -0.25) is 0 Å². The Labute approximate surface area is 124 Å².